The Hall–Kier alpha value is -0.660. The molecule has 7 heteroatoms. The van der Waals surface area contributed by atoms with Crippen molar-refractivity contribution in [2.75, 3.05) is 38.3 Å². The minimum absolute atomic E-state index is 0.0701. The lowest BCUT2D eigenvalue weighted by Crippen LogP contribution is -2.47. The molecule has 0 aromatic rings. The van der Waals surface area contributed by atoms with Gasteiger partial charge in [-0.05, 0) is 12.3 Å². The van der Waals surface area contributed by atoms with E-state index < -0.39 is 15.4 Å². The molecule has 2 fully saturated rings. The van der Waals surface area contributed by atoms with E-state index in [4.69, 9.17) is 4.74 Å². The smallest absolute Gasteiger partial charge is 0.222 e. The molecule has 20 heavy (non-hydrogen) atoms. The molecule has 0 bridgehead atoms. The maximum atomic E-state index is 12.1. The third kappa shape index (κ3) is 4.17. The van der Waals surface area contributed by atoms with E-state index in [0.717, 1.165) is 0 Å². The summed E-state index contributed by atoms with van der Waals surface area (Å²) in [6.45, 7) is 1.31. The van der Waals surface area contributed by atoms with Crippen LogP contribution in [0.3, 0.4) is 0 Å². The molecular weight excluding hydrogens is 282 g/mol. The highest BCUT2D eigenvalue weighted by Crippen LogP contribution is 2.24. The zero-order valence-electron chi connectivity index (χ0n) is 11.9. The van der Waals surface area contributed by atoms with Gasteiger partial charge >= 0.3 is 0 Å². The highest BCUT2D eigenvalue weighted by Gasteiger charge is 2.34. The molecule has 2 aliphatic heterocycles. The minimum Gasteiger partial charge on any atom is -0.388 e. The lowest BCUT2D eigenvalue weighted by molar-refractivity contribution is -0.137. The monoisotopic (exact) mass is 305 g/mol. The molecule has 1 unspecified atom stereocenters. The van der Waals surface area contributed by atoms with E-state index in [1.165, 1.54) is 4.90 Å². The number of nitrogens with zero attached hydrogens (tertiary/aromatic N) is 1. The Kier molecular flexibility index (Phi) is 4.71. The van der Waals surface area contributed by atoms with Crippen LogP contribution in [0.5, 0.6) is 0 Å². The van der Waals surface area contributed by atoms with Gasteiger partial charge in [0.25, 0.3) is 0 Å². The van der Waals surface area contributed by atoms with E-state index in [-0.39, 0.29) is 36.3 Å². The largest absolute Gasteiger partial charge is 0.388 e. The van der Waals surface area contributed by atoms with Crippen molar-refractivity contribution in [2.24, 2.45) is 5.92 Å². The van der Waals surface area contributed by atoms with E-state index in [2.05, 4.69) is 0 Å². The highest BCUT2D eigenvalue weighted by atomic mass is 32.2. The van der Waals surface area contributed by atoms with Crippen LogP contribution < -0.4 is 0 Å². The van der Waals surface area contributed by atoms with Crippen molar-refractivity contribution >= 4 is 15.7 Å². The summed E-state index contributed by atoms with van der Waals surface area (Å²) in [7, 11) is -1.28. The van der Waals surface area contributed by atoms with Crippen LogP contribution in [0, 0.1) is 5.92 Å². The van der Waals surface area contributed by atoms with Gasteiger partial charge in [-0.15, -0.1) is 0 Å². The second-order valence-corrected chi connectivity index (χ2v) is 8.29. The van der Waals surface area contributed by atoms with Crippen LogP contribution in [0.4, 0.5) is 0 Å². The van der Waals surface area contributed by atoms with Crippen molar-refractivity contribution in [3.63, 3.8) is 0 Å². The van der Waals surface area contributed by atoms with Crippen LogP contribution in [-0.2, 0) is 19.4 Å². The Bertz CT molecular complexity index is 455. The fraction of sp³-hybridized carbons (Fsp3) is 0.923. The molecule has 0 saturated carbocycles. The highest BCUT2D eigenvalue weighted by molar-refractivity contribution is 7.91. The number of carbonyl (C=O) groups is 1. The number of ether oxygens (including phenoxy) is 1. The number of aliphatic hydroxyl groups is 1. The Balaban J connectivity index is 1.83. The van der Waals surface area contributed by atoms with Crippen molar-refractivity contribution in [1.82, 2.24) is 4.90 Å². The van der Waals surface area contributed by atoms with Gasteiger partial charge in [-0.2, -0.15) is 0 Å². The van der Waals surface area contributed by atoms with E-state index in [0.29, 0.717) is 32.5 Å². The SMILES string of the molecule is CN(CC1(O)CCOCC1)C(=O)CC1CCS(=O)(=O)C1. The first-order valence-electron chi connectivity index (χ1n) is 7.04. The summed E-state index contributed by atoms with van der Waals surface area (Å²) >= 11 is 0. The molecule has 1 N–H and O–H groups in total. The molecule has 1 amide bonds. The number of likely N-dealkylation sites (N-methyl/N-ethyl adjacent to an activating group) is 1. The van der Waals surface area contributed by atoms with Crippen molar-refractivity contribution in [1.29, 1.82) is 0 Å². The van der Waals surface area contributed by atoms with Crippen LogP contribution in [0.2, 0.25) is 0 Å². The van der Waals surface area contributed by atoms with Crippen molar-refractivity contribution in [3.8, 4) is 0 Å². The number of hydrogen-bond acceptors (Lipinski definition) is 5. The molecular formula is C13H23NO5S. The molecule has 2 heterocycles. The van der Waals surface area contributed by atoms with Crippen LogP contribution in [0.15, 0.2) is 0 Å². The molecule has 0 aromatic heterocycles. The lowest BCUT2D eigenvalue weighted by Gasteiger charge is -2.35. The number of amides is 1. The van der Waals surface area contributed by atoms with Crippen molar-refractivity contribution < 1.29 is 23.1 Å². The third-order valence-corrected chi connectivity index (χ3v) is 6.01. The van der Waals surface area contributed by atoms with Crippen LogP contribution in [0.25, 0.3) is 0 Å². The summed E-state index contributed by atoms with van der Waals surface area (Å²) in [5.74, 6) is 0.145. The molecule has 6 nitrogen and oxygen atoms in total. The molecule has 1 atom stereocenters. The van der Waals surface area contributed by atoms with Gasteiger partial charge in [0, 0.05) is 46.1 Å². The van der Waals surface area contributed by atoms with E-state index in [1.807, 2.05) is 0 Å². The maximum absolute atomic E-state index is 12.1. The van der Waals surface area contributed by atoms with Gasteiger partial charge in [-0.1, -0.05) is 0 Å². The first-order valence-corrected chi connectivity index (χ1v) is 8.86. The van der Waals surface area contributed by atoms with Crippen molar-refractivity contribution in [3.05, 3.63) is 0 Å². The average Bonchev–Trinajstić information content (AvgIpc) is 2.69. The van der Waals surface area contributed by atoms with E-state index in [9.17, 15) is 18.3 Å². The molecule has 116 valence electrons. The number of hydrogen-bond donors (Lipinski definition) is 1. The summed E-state index contributed by atoms with van der Waals surface area (Å²) in [6.07, 6.45) is 1.88. The quantitative estimate of drug-likeness (QED) is 0.778. The summed E-state index contributed by atoms with van der Waals surface area (Å²) < 4.78 is 28.0. The molecule has 2 rings (SSSR count). The van der Waals surface area contributed by atoms with Gasteiger partial charge in [0.15, 0.2) is 9.84 Å². The van der Waals surface area contributed by atoms with Crippen LogP contribution >= 0.6 is 0 Å². The van der Waals surface area contributed by atoms with E-state index >= 15 is 0 Å². The molecule has 0 aliphatic carbocycles. The Morgan fingerprint density at radius 2 is 2.05 bits per heavy atom. The van der Waals surface area contributed by atoms with Gasteiger partial charge in [-0.25, -0.2) is 8.42 Å². The summed E-state index contributed by atoms with van der Waals surface area (Å²) in [5, 5.41) is 10.4. The maximum Gasteiger partial charge on any atom is 0.222 e. The van der Waals surface area contributed by atoms with Gasteiger partial charge in [-0.3, -0.25) is 4.79 Å². The average molecular weight is 305 g/mol. The van der Waals surface area contributed by atoms with Crippen LogP contribution in [-0.4, -0.2) is 68.2 Å². The first kappa shape index (κ1) is 15.7. The van der Waals surface area contributed by atoms with Gasteiger partial charge in [0.1, 0.15) is 0 Å². The van der Waals surface area contributed by atoms with E-state index in [1.54, 1.807) is 7.05 Å². The minimum atomic E-state index is -2.94. The molecule has 2 saturated heterocycles. The number of carbonyl (C=O) groups excluding carboxylic acids is 1. The predicted octanol–water partition coefficient (Wildman–Crippen LogP) is -0.189. The fourth-order valence-electron chi connectivity index (χ4n) is 2.87. The molecule has 0 aromatic carbocycles. The predicted molar refractivity (Wildman–Crippen MR) is 74.0 cm³/mol. The first-order chi connectivity index (χ1) is 9.30. The van der Waals surface area contributed by atoms with Crippen LogP contribution in [0.1, 0.15) is 25.7 Å². The standard InChI is InChI=1S/C13H23NO5S/c1-14(10-13(16)3-5-19-6-4-13)12(15)8-11-2-7-20(17,18)9-11/h11,16H,2-10H2,1H3. The number of rotatable bonds is 4. The Labute approximate surface area is 120 Å². The van der Waals surface area contributed by atoms with Crippen molar-refractivity contribution in [2.45, 2.75) is 31.3 Å². The van der Waals surface area contributed by atoms with Gasteiger partial charge in [0.2, 0.25) is 5.91 Å². The molecule has 2 aliphatic rings. The summed E-state index contributed by atoms with van der Waals surface area (Å²) in [5.41, 5.74) is -0.871. The zero-order valence-corrected chi connectivity index (χ0v) is 12.7. The van der Waals surface area contributed by atoms with Gasteiger partial charge < -0.3 is 14.7 Å². The normalized spacial score (nSPS) is 28.2. The topological polar surface area (TPSA) is 83.9 Å². The second-order valence-electron chi connectivity index (χ2n) is 6.06. The van der Waals surface area contributed by atoms with Gasteiger partial charge in [0.05, 0.1) is 17.1 Å². The second kappa shape index (κ2) is 5.99. The summed E-state index contributed by atoms with van der Waals surface area (Å²) in [4.78, 5) is 13.6. The lowest BCUT2D eigenvalue weighted by atomic mass is 9.93. The summed E-state index contributed by atoms with van der Waals surface area (Å²) in [6, 6.07) is 0. The third-order valence-electron chi connectivity index (χ3n) is 4.17. The number of sulfone groups is 1. The zero-order chi connectivity index (χ0) is 14.8. The molecule has 0 radical (unpaired) electrons. The Morgan fingerprint density at radius 3 is 2.60 bits per heavy atom. The Morgan fingerprint density at radius 1 is 1.40 bits per heavy atom. The molecule has 0 spiro atoms. The fourth-order valence-corrected chi connectivity index (χ4v) is 4.74.